The topological polar surface area (TPSA) is 63.8 Å². The molecule has 1 unspecified atom stereocenters. The Morgan fingerprint density at radius 3 is 2.89 bits per heavy atom. The zero-order chi connectivity index (χ0) is 13.0. The number of aliphatic hydroxyl groups is 1. The zero-order valence-electron chi connectivity index (χ0n) is 10.1. The van der Waals surface area contributed by atoms with Gasteiger partial charge in [0.25, 0.3) is 0 Å². The summed E-state index contributed by atoms with van der Waals surface area (Å²) in [4.78, 5) is 8.11. The van der Waals surface area contributed by atoms with Crippen molar-refractivity contribution in [3.05, 3.63) is 41.2 Å². The molecule has 18 heavy (non-hydrogen) atoms. The molecule has 5 nitrogen and oxygen atoms in total. The summed E-state index contributed by atoms with van der Waals surface area (Å²) in [5, 5.41) is 14.7. The van der Waals surface area contributed by atoms with Gasteiger partial charge in [-0.3, -0.25) is 4.68 Å². The van der Waals surface area contributed by atoms with Crippen LogP contribution in [0.4, 0.5) is 0 Å². The first kappa shape index (κ1) is 13.0. The molecule has 0 aliphatic rings. The molecule has 2 heterocycles. The number of aliphatic hydroxyl groups excluding tert-OH is 1. The van der Waals surface area contributed by atoms with E-state index >= 15 is 0 Å². The largest absolute Gasteiger partial charge is 0.388 e. The van der Waals surface area contributed by atoms with Crippen LogP contribution in [-0.4, -0.2) is 24.9 Å². The van der Waals surface area contributed by atoms with Gasteiger partial charge in [-0.25, -0.2) is 9.97 Å². The number of aryl methyl sites for hydroxylation is 1. The number of nitrogens with zero attached hydrogens (tertiary/aromatic N) is 4. The highest BCUT2D eigenvalue weighted by atomic mass is 35.5. The third-order valence-corrected chi connectivity index (χ3v) is 2.87. The van der Waals surface area contributed by atoms with Gasteiger partial charge in [0.1, 0.15) is 17.3 Å². The minimum Gasteiger partial charge on any atom is -0.388 e. The monoisotopic (exact) mass is 266 g/mol. The van der Waals surface area contributed by atoms with Gasteiger partial charge in [-0.15, -0.1) is 0 Å². The van der Waals surface area contributed by atoms with Crippen molar-refractivity contribution in [2.24, 2.45) is 0 Å². The van der Waals surface area contributed by atoms with Crippen molar-refractivity contribution in [3.8, 4) is 0 Å². The van der Waals surface area contributed by atoms with Crippen LogP contribution in [0.15, 0.2) is 24.7 Å². The second kappa shape index (κ2) is 5.93. The maximum absolute atomic E-state index is 10.1. The highest BCUT2D eigenvalue weighted by molar-refractivity contribution is 6.29. The number of pyridine rings is 1. The lowest BCUT2D eigenvalue weighted by Crippen LogP contribution is -2.10. The number of rotatable bonds is 5. The van der Waals surface area contributed by atoms with Crippen LogP contribution in [0.1, 0.15) is 30.8 Å². The lowest BCUT2D eigenvalue weighted by Gasteiger charge is -2.11. The standard InChI is InChI=1S/C12H15ClN4O/c1-2-5-17-12(15-8-16-17)6-10(18)9-3-4-11(13)14-7-9/h3-4,7-8,10,18H,2,5-6H2,1H3. The van der Waals surface area contributed by atoms with Gasteiger partial charge in [-0.05, 0) is 18.1 Å². The van der Waals surface area contributed by atoms with Crippen molar-refractivity contribution in [1.82, 2.24) is 19.7 Å². The summed E-state index contributed by atoms with van der Waals surface area (Å²) in [6.07, 6.45) is 3.85. The Morgan fingerprint density at radius 1 is 1.39 bits per heavy atom. The molecule has 2 rings (SSSR count). The van der Waals surface area contributed by atoms with Crippen molar-refractivity contribution in [1.29, 1.82) is 0 Å². The van der Waals surface area contributed by atoms with Gasteiger partial charge < -0.3 is 5.11 Å². The molecule has 0 aromatic carbocycles. The second-order valence-corrected chi connectivity index (χ2v) is 4.42. The fraction of sp³-hybridized carbons (Fsp3) is 0.417. The Morgan fingerprint density at radius 2 is 2.22 bits per heavy atom. The summed E-state index contributed by atoms with van der Waals surface area (Å²) in [6, 6.07) is 3.43. The maximum atomic E-state index is 10.1. The molecule has 0 aliphatic carbocycles. The summed E-state index contributed by atoms with van der Waals surface area (Å²) in [6.45, 7) is 2.88. The Labute approximate surface area is 110 Å². The lowest BCUT2D eigenvalue weighted by molar-refractivity contribution is 0.173. The smallest absolute Gasteiger partial charge is 0.138 e. The fourth-order valence-electron chi connectivity index (χ4n) is 1.72. The van der Waals surface area contributed by atoms with Crippen LogP contribution < -0.4 is 0 Å². The van der Waals surface area contributed by atoms with Gasteiger partial charge in [0.15, 0.2) is 0 Å². The number of hydrogen-bond acceptors (Lipinski definition) is 4. The average Bonchev–Trinajstić information content (AvgIpc) is 2.78. The molecule has 6 heteroatoms. The number of hydrogen-bond donors (Lipinski definition) is 1. The van der Waals surface area contributed by atoms with E-state index in [0.717, 1.165) is 24.4 Å². The normalized spacial score (nSPS) is 12.6. The van der Waals surface area contributed by atoms with Gasteiger partial charge >= 0.3 is 0 Å². The Bertz CT molecular complexity index is 497. The summed E-state index contributed by atoms with van der Waals surface area (Å²) in [7, 11) is 0. The highest BCUT2D eigenvalue weighted by Crippen LogP contribution is 2.17. The molecule has 2 aromatic rings. The zero-order valence-corrected chi connectivity index (χ0v) is 10.9. The van der Waals surface area contributed by atoms with E-state index in [-0.39, 0.29) is 0 Å². The molecule has 0 amide bonds. The average molecular weight is 267 g/mol. The second-order valence-electron chi connectivity index (χ2n) is 4.03. The van der Waals surface area contributed by atoms with Crippen LogP contribution in [0, 0.1) is 0 Å². The Kier molecular flexibility index (Phi) is 4.28. The van der Waals surface area contributed by atoms with Crippen molar-refractivity contribution < 1.29 is 5.11 Å². The molecule has 0 aliphatic heterocycles. The minimum absolute atomic E-state index is 0.417. The first-order valence-electron chi connectivity index (χ1n) is 5.87. The van der Waals surface area contributed by atoms with Crippen LogP contribution >= 0.6 is 11.6 Å². The van der Waals surface area contributed by atoms with Crippen molar-refractivity contribution in [2.45, 2.75) is 32.4 Å². The van der Waals surface area contributed by atoms with E-state index in [1.807, 2.05) is 4.68 Å². The third-order valence-electron chi connectivity index (χ3n) is 2.64. The van der Waals surface area contributed by atoms with Crippen molar-refractivity contribution in [3.63, 3.8) is 0 Å². The van der Waals surface area contributed by atoms with Gasteiger partial charge in [-0.2, -0.15) is 5.10 Å². The third kappa shape index (κ3) is 3.05. The molecule has 0 bridgehead atoms. The molecule has 0 saturated heterocycles. The number of halogens is 1. The highest BCUT2D eigenvalue weighted by Gasteiger charge is 2.13. The molecule has 1 atom stereocenters. The maximum Gasteiger partial charge on any atom is 0.138 e. The van der Waals surface area contributed by atoms with E-state index in [2.05, 4.69) is 22.0 Å². The van der Waals surface area contributed by atoms with E-state index in [1.54, 1.807) is 18.3 Å². The van der Waals surface area contributed by atoms with Crippen LogP contribution in [0.25, 0.3) is 0 Å². The van der Waals surface area contributed by atoms with Gasteiger partial charge in [0.05, 0.1) is 6.10 Å². The van der Waals surface area contributed by atoms with Crippen LogP contribution in [0.5, 0.6) is 0 Å². The molecule has 0 spiro atoms. The Hall–Kier alpha value is -1.46. The van der Waals surface area contributed by atoms with Crippen molar-refractivity contribution in [2.75, 3.05) is 0 Å². The van der Waals surface area contributed by atoms with E-state index in [9.17, 15) is 5.11 Å². The lowest BCUT2D eigenvalue weighted by atomic mass is 10.1. The summed E-state index contributed by atoms with van der Waals surface area (Å²) < 4.78 is 1.81. The summed E-state index contributed by atoms with van der Waals surface area (Å²) in [5.74, 6) is 0.777. The number of aromatic nitrogens is 4. The summed E-state index contributed by atoms with van der Waals surface area (Å²) >= 11 is 5.71. The quantitative estimate of drug-likeness (QED) is 0.841. The van der Waals surface area contributed by atoms with Crippen LogP contribution in [-0.2, 0) is 13.0 Å². The molecule has 0 saturated carbocycles. The van der Waals surface area contributed by atoms with E-state index in [4.69, 9.17) is 11.6 Å². The van der Waals surface area contributed by atoms with Crippen LogP contribution in [0.2, 0.25) is 5.15 Å². The van der Waals surface area contributed by atoms with E-state index in [1.165, 1.54) is 6.33 Å². The molecule has 1 N–H and O–H groups in total. The summed E-state index contributed by atoms with van der Waals surface area (Å²) in [5.41, 5.74) is 0.727. The first-order valence-corrected chi connectivity index (χ1v) is 6.24. The molecule has 96 valence electrons. The van der Waals surface area contributed by atoms with Gasteiger partial charge in [0, 0.05) is 19.2 Å². The predicted octanol–water partition coefficient (Wildman–Crippen LogP) is 2.01. The fourth-order valence-corrected chi connectivity index (χ4v) is 1.83. The van der Waals surface area contributed by atoms with E-state index < -0.39 is 6.10 Å². The molecule has 0 radical (unpaired) electrons. The molecule has 2 aromatic heterocycles. The van der Waals surface area contributed by atoms with Crippen LogP contribution in [0.3, 0.4) is 0 Å². The minimum atomic E-state index is -0.644. The van der Waals surface area contributed by atoms with Crippen molar-refractivity contribution >= 4 is 11.6 Å². The predicted molar refractivity (Wildman–Crippen MR) is 68.2 cm³/mol. The van der Waals surface area contributed by atoms with Gasteiger partial charge in [-0.1, -0.05) is 24.6 Å². The first-order chi connectivity index (χ1) is 8.70. The molecule has 0 fully saturated rings. The van der Waals surface area contributed by atoms with Gasteiger partial charge in [0.2, 0.25) is 0 Å². The Balaban J connectivity index is 2.08. The molecular formula is C12H15ClN4O. The molecular weight excluding hydrogens is 252 g/mol. The SMILES string of the molecule is CCCn1ncnc1CC(O)c1ccc(Cl)nc1. The van der Waals surface area contributed by atoms with E-state index in [0.29, 0.717) is 11.6 Å².